The van der Waals surface area contributed by atoms with Crippen LogP contribution >= 0.6 is 0 Å². The van der Waals surface area contributed by atoms with Crippen molar-refractivity contribution in [3.05, 3.63) is 47.7 Å². The summed E-state index contributed by atoms with van der Waals surface area (Å²) in [6.45, 7) is 6.39. The Labute approximate surface area is 125 Å². The van der Waals surface area contributed by atoms with Gasteiger partial charge < -0.3 is 14.2 Å². The van der Waals surface area contributed by atoms with E-state index in [2.05, 4.69) is 0 Å². The zero-order valence-electron chi connectivity index (χ0n) is 12.8. The predicted molar refractivity (Wildman–Crippen MR) is 79.6 cm³/mol. The Morgan fingerprint density at radius 3 is 2.62 bits per heavy atom. The number of rotatable bonds is 5. The number of hydrogen-bond donors (Lipinski definition) is 0. The fraction of sp³-hybridized carbons (Fsp3) is 0.471. The summed E-state index contributed by atoms with van der Waals surface area (Å²) in [5.41, 5.74) is 1.13. The Morgan fingerprint density at radius 1 is 1.29 bits per heavy atom. The van der Waals surface area contributed by atoms with Gasteiger partial charge in [0, 0.05) is 25.9 Å². The standard InChI is InChI=1S/C17H22O4/c1-4-19-16(18)15-11-14(13-9-7-6-8-10-13)12-17(3,21-15)20-5-2/h6-11,14H,4-5,12H2,1-3H3/t14-,17-/m0/s1. The van der Waals surface area contributed by atoms with Gasteiger partial charge in [-0.3, -0.25) is 0 Å². The van der Waals surface area contributed by atoms with Crippen molar-refractivity contribution >= 4 is 5.97 Å². The van der Waals surface area contributed by atoms with Crippen LogP contribution in [0.1, 0.15) is 38.7 Å². The molecule has 114 valence electrons. The molecule has 0 bridgehead atoms. The summed E-state index contributed by atoms with van der Waals surface area (Å²) in [6.07, 6.45) is 2.49. The van der Waals surface area contributed by atoms with Crippen LogP contribution in [0.25, 0.3) is 0 Å². The summed E-state index contributed by atoms with van der Waals surface area (Å²) in [6, 6.07) is 10.0. The minimum Gasteiger partial charge on any atom is -0.460 e. The highest BCUT2D eigenvalue weighted by molar-refractivity contribution is 5.86. The minimum absolute atomic E-state index is 0.0657. The molecule has 0 amide bonds. The van der Waals surface area contributed by atoms with Gasteiger partial charge in [-0.2, -0.15) is 0 Å². The Balaban J connectivity index is 2.30. The average molecular weight is 290 g/mol. The number of carbonyl (C=O) groups is 1. The maximum atomic E-state index is 12.0. The van der Waals surface area contributed by atoms with E-state index in [4.69, 9.17) is 14.2 Å². The molecule has 0 spiro atoms. The molecule has 1 aliphatic rings. The first-order valence-electron chi connectivity index (χ1n) is 7.35. The number of esters is 1. The van der Waals surface area contributed by atoms with E-state index in [0.29, 0.717) is 19.6 Å². The number of hydrogen-bond acceptors (Lipinski definition) is 4. The molecule has 2 rings (SSSR count). The summed E-state index contributed by atoms with van der Waals surface area (Å²) in [5, 5.41) is 0. The first kappa shape index (κ1) is 15.6. The Bertz CT molecular complexity index is 509. The zero-order valence-corrected chi connectivity index (χ0v) is 12.8. The fourth-order valence-electron chi connectivity index (χ4n) is 2.57. The topological polar surface area (TPSA) is 44.8 Å². The highest BCUT2D eigenvalue weighted by atomic mass is 16.7. The SMILES string of the molecule is CCOC(=O)C1=C[C@H](c2ccccc2)C[C@@](C)(OCC)O1. The van der Waals surface area contributed by atoms with E-state index in [1.165, 1.54) is 0 Å². The Hall–Kier alpha value is -1.81. The summed E-state index contributed by atoms with van der Waals surface area (Å²) in [7, 11) is 0. The number of allylic oxidation sites excluding steroid dienone is 1. The Morgan fingerprint density at radius 2 is 2.00 bits per heavy atom. The molecule has 0 aromatic heterocycles. The monoisotopic (exact) mass is 290 g/mol. The van der Waals surface area contributed by atoms with E-state index < -0.39 is 11.8 Å². The van der Waals surface area contributed by atoms with Crippen LogP contribution in [0.4, 0.5) is 0 Å². The first-order valence-corrected chi connectivity index (χ1v) is 7.35. The van der Waals surface area contributed by atoms with Crippen molar-refractivity contribution in [2.24, 2.45) is 0 Å². The number of benzene rings is 1. The second-order valence-electron chi connectivity index (χ2n) is 5.14. The van der Waals surface area contributed by atoms with E-state index in [0.717, 1.165) is 5.56 Å². The highest BCUT2D eigenvalue weighted by Crippen LogP contribution is 2.37. The molecule has 4 nitrogen and oxygen atoms in total. The van der Waals surface area contributed by atoms with Gasteiger partial charge in [-0.1, -0.05) is 30.3 Å². The van der Waals surface area contributed by atoms with Gasteiger partial charge in [-0.05, 0) is 25.5 Å². The molecule has 0 N–H and O–H groups in total. The normalized spacial score (nSPS) is 24.9. The predicted octanol–water partition coefficient (Wildman–Crippen LogP) is 3.39. The lowest BCUT2D eigenvalue weighted by Gasteiger charge is -2.37. The van der Waals surface area contributed by atoms with Gasteiger partial charge in [-0.15, -0.1) is 0 Å². The van der Waals surface area contributed by atoms with Crippen LogP contribution in [-0.4, -0.2) is 25.0 Å². The fourth-order valence-corrected chi connectivity index (χ4v) is 2.57. The minimum atomic E-state index is -0.813. The van der Waals surface area contributed by atoms with Crippen molar-refractivity contribution in [2.45, 2.75) is 38.9 Å². The van der Waals surface area contributed by atoms with E-state index in [9.17, 15) is 4.79 Å². The molecule has 1 aromatic carbocycles. The van der Waals surface area contributed by atoms with Gasteiger partial charge in [0.25, 0.3) is 0 Å². The van der Waals surface area contributed by atoms with Crippen LogP contribution in [-0.2, 0) is 19.0 Å². The lowest BCUT2D eigenvalue weighted by molar-refractivity contribution is -0.217. The van der Waals surface area contributed by atoms with E-state index >= 15 is 0 Å². The largest absolute Gasteiger partial charge is 0.460 e. The third kappa shape index (κ3) is 3.85. The molecular formula is C17H22O4. The van der Waals surface area contributed by atoms with Crippen LogP contribution in [0, 0.1) is 0 Å². The van der Waals surface area contributed by atoms with E-state index in [-0.39, 0.29) is 11.7 Å². The van der Waals surface area contributed by atoms with Crippen molar-refractivity contribution in [1.29, 1.82) is 0 Å². The molecule has 0 radical (unpaired) electrons. The average Bonchev–Trinajstić information content (AvgIpc) is 2.48. The first-order chi connectivity index (χ1) is 10.1. The van der Waals surface area contributed by atoms with Gasteiger partial charge in [0.05, 0.1) is 6.61 Å². The number of ether oxygens (including phenoxy) is 3. The second kappa shape index (κ2) is 6.76. The molecule has 1 aliphatic heterocycles. The summed E-state index contributed by atoms with van der Waals surface area (Å²) in [4.78, 5) is 12.0. The Kier molecular flexibility index (Phi) is 5.02. The van der Waals surface area contributed by atoms with Crippen LogP contribution < -0.4 is 0 Å². The molecule has 2 atom stereocenters. The molecule has 1 heterocycles. The van der Waals surface area contributed by atoms with Crippen LogP contribution in [0.3, 0.4) is 0 Å². The lowest BCUT2D eigenvalue weighted by atomic mass is 9.89. The van der Waals surface area contributed by atoms with Gasteiger partial charge in [0.1, 0.15) is 0 Å². The van der Waals surface area contributed by atoms with Gasteiger partial charge >= 0.3 is 5.97 Å². The zero-order chi connectivity index (χ0) is 15.3. The van der Waals surface area contributed by atoms with E-state index in [1.54, 1.807) is 6.92 Å². The van der Waals surface area contributed by atoms with Crippen LogP contribution in [0.2, 0.25) is 0 Å². The quantitative estimate of drug-likeness (QED) is 0.780. The summed E-state index contributed by atoms with van der Waals surface area (Å²) >= 11 is 0. The highest BCUT2D eigenvalue weighted by Gasteiger charge is 2.38. The maximum Gasteiger partial charge on any atom is 0.373 e. The third-order valence-corrected chi connectivity index (χ3v) is 3.42. The van der Waals surface area contributed by atoms with Gasteiger partial charge in [0.2, 0.25) is 11.5 Å². The van der Waals surface area contributed by atoms with Crippen LogP contribution in [0.15, 0.2) is 42.2 Å². The van der Waals surface area contributed by atoms with Gasteiger partial charge in [0.15, 0.2) is 0 Å². The summed E-state index contributed by atoms with van der Waals surface area (Å²) in [5.74, 6) is -0.959. The summed E-state index contributed by atoms with van der Waals surface area (Å²) < 4.78 is 16.5. The van der Waals surface area contributed by atoms with Gasteiger partial charge in [-0.25, -0.2) is 4.79 Å². The smallest absolute Gasteiger partial charge is 0.373 e. The molecule has 0 aliphatic carbocycles. The van der Waals surface area contributed by atoms with Crippen molar-refractivity contribution in [1.82, 2.24) is 0 Å². The molecule has 0 saturated carbocycles. The molecule has 4 heteroatoms. The third-order valence-electron chi connectivity index (χ3n) is 3.42. The second-order valence-corrected chi connectivity index (χ2v) is 5.14. The molecule has 0 saturated heterocycles. The molecule has 0 unspecified atom stereocenters. The van der Waals surface area contributed by atoms with Crippen molar-refractivity contribution < 1.29 is 19.0 Å². The molecule has 0 fully saturated rings. The van der Waals surface area contributed by atoms with E-state index in [1.807, 2.05) is 50.3 Å². The van der Waals surface area contributed by atoms with Crippen molar-refractivity contribution in [3.8, 4) is 0 Å². The molecule has 1 aromatic rings. The number of carbonyl (C=O) groups excluding carboxylic acids is 1. The molecule has 21 heavy (non-hydrogen) atoms. The van der Waals surface area contributed by atoms with Crippen LogP contribution in [0.5, 0.6) is 0 Å². The lowest BCUT2D eigenvalue weighted by Crippen LogP contribution is -2.38. The van der Waals surface area contributed by atoms with Crippen molar-refractivity contribution in [3.63, 3.8) is 0 Å². The molecular weight excluding hydrogens is 268 g/mol. The van der Waals surface area contributed by atoms with Crippen molar-refractivity contribution in [2.75, 3.05) is 13.2 Å². The maximum absolute atomic E-state index is 12.0.